The second-order valence-corrected chi connectivity index (χ2v) is 4.23. The number of hydrogen-bond donors (Lipinski definition) is 3. The van der Waals surface area contributed by atoms with Gasteiger partial charge in [0.05, 0.1) is 6.04 Å². The molecule has 1 unspecified atom stereocenters. The highest BCUT2D eigenvalue weighted by atomic mass is 16.4. The van der Waals surface area contributed by atoms with Crippen molar-refractivity contribution >= 4 is 5.84 Å². The molecule has 0 aliphatic carbocycles. The van der Waals surface area contributed by atoms with Crippen molar-refractivity contribution < 1.29 is 5.21 Å². The first-order valence-corrected chi connectivity index (χ1v) is 5.59. The lowest BCUT2D eigenvalue weighted by Crippen LogP contribution is -2.49. The molecule has 1 rings (SSSR count). The van der Waals surface area contributed by atoms with Gasteiger partial charge in [0.15, 0.2) is 5.84 Å². The van der Waals surface area contributed by atoms with Gasteiger partial charge in [0.2, 0.25) is 0 Å². The zero-order valence-electron chi connectivity index (χ0n) is 9.61. The SMILES string of the molecule is CCC(NC1CCN(C)CC1)C(N)=NO. The molecule has 4 N–H and O–H groups in total. The first kappa shape index (κ1) is 12.3. The molecule has 1 aliphatic heterocycles. The summed E-state index contributed by atoms with van der Waals surface area (Å²) < 4.78 is 0. The maximum atomic E-state index is 8.62. The molecular weight excluding hydrogens is 192 g/mol. The average molecular weight is 214 g/mol. The second kappa shape index (κ2) is 5.92. The summed E-state index contributed by atoms with van der Waals surface area (Å²) >= 11 is 0. The molecule has 0 aromatic heterocycles. The van der Waals surface area contributed by atoms with Crippen LogP contribution in [0.1, 0.15) is 26.2 Å². The lowest BCUT2D eigenvalue weighted by Gasteiger charge is -2.32. The lowest BCUT2D eigenvalue weighted by atomic mass is 10.0. The maximum absolute atomic E-state index is 8.62. The van der Waals surface area contributed by atoms with Crippen LogP contribution in [0, 0.1) is 0 Å². The number of amidine groups is 1. The van der Waals surface area contributed by atoms with E-state index in [0.29, 0.717) is 6.04 Å². The van der Waals surface area contributed by atoms with Gasteiger partial charge in [-0.05, 0) is 39.4 Å². The molecule has 0 saturated carbocycles. The van der Waals surface area contributed by atoms with Gasteiger partial charge < -0.3 is 21.2 Å². The molecule has 0 bridgehead atoms. The first-order valence-electron chi connectivity index (χ1n) is 5.59. The van der Waals surface area contributed by atoms with Crippen molar-refractivity contribution in [3.8, 4) is 0 Å². The van der Waals surface area contributed by atoms with Crippen LogP contribution in [0.2, 0.25) is 0 Å². The van der Waals surface area contributed by atoms with Crippen LogP contribution in [-0.2, 0) is 0 Å². The van der Waals surface area contributed by atoms with Crippen molar-refractivity contribution in [1.82, 2.24) is 10.2 Å². The Balaban J connectivity index is 2.39. The van der Waals surface area contributed by atoms with E-state index in [2.05, 4.69) is 22.4 Å². The molecule has 0 spiro atoms. The third-order valence-electron chi connectivity index (χ3n) is 3.04. The van der Waals surface area contributed by atoms with Crippen LogP contribution in [0.25, 0.3) is 0 Å². The Morgan fingerprint density at radius 1 is 1.60 bits per heavy atom. The molecule has 0 amide bonds. The third kappa shape index (κ3) is 3.68. The molecule has 1 fully saturated rings. The van der Waals surface area contributed by atoms with Crippen LogP contribution in [0.3, 0.4) is 0 Å². The van der Waals surface area contributed by atoms with Gasteiger partial charge in [0.25, 0.3) is 0 Å². The van der Waals surface area contributed by atoms with Gasteiger partial charge in [-0.2, -0.15) is 0 Å². The summed E-state index contributed by atoms with van der Waals surface area (Å²) in [6.45, 7) is 4.26. The van der Waals surface area contributed by atoms with Crippen LogP contribution in [0.4, 0.5) is 0 Å². The van der Waals surface area contributed by atoms with E-state index < -0.39 is 0 Å². The van der Waals surface area contributed by atoms with Gasteiger partial charge in [-0.15, -0.1) is 0 Å². The minimum absolute atomic E-state index is 0.00315. The molecule has 0 aromatic rings. The first-order chi connectivity index (χ1) is 7.17. The summed E-state index contributed by atoms with van der Waals surface area (Å²) in [6.07, 6.45) is 3.11. The summed E-state index contributed by atoms with van der Waals surface area (Å²) in [7, 11) is 2.14. The standard InChI is InChI=1S/C10H22N4O/c1-3-9(10(11)13-15)12-8-4-6-14(2)7-5-8/h8-9,12,15H,3-7H2,1-2H3,(H2,11,13). The van der Waals surface area contributed by atoms with E-state index in [1.807, 2.05) is 6.92 Å². The second-order valence-electron chi connectivity index (χ2n) is 4.23. The Bertz CT molecular complexity index is 211. The minimum atomic E-state index is 0.00315. The largest absolute Gasteiger partial charge is 0.409 e. The van der Waals surface area contributed by atoms with Gasteiger partial charge in [-0.3, -0.25) is 0 Å². The summed E-state index contributed by atoms with van der Waals surface area (Å²) in [6, 6.07) is 0.495. The number of nitrogens with zero attached hydrogens (tertiary/aromatic N) is 2. The van der Waals surface area contributed by atoms with Crippen molar-refractivity contribution in [3.05, 3.63) is 0 Å². The lowest BCUT2D eigenvalue weighted by molar-refractivity contribution is 0.229. The molecule has 88 valence electrons. The Morgan fingerprint density at radius 3 is 2.67 bits per heavy atom. The number of rotatable bonds is 4. The van der Waals surface area contributed by atoms with Gasteiger partial charge in [-0.25, -0.2) is 0 Å². The monoisotopic (exact) mass is 214 g/mol. The van der Waals surface area contributed by atoms with E-state index in [-0.39, 0.29) is 11.9 Å². The molecule has 1 saturated heterocycles. The number of piperidine rings is 1. The summed E-state index contributed by atoms with van der Waals surface area (Å²) in [5.74, 6) is 0.288. The number of oxime groups is 1. The van der Waals surface area contributed by atoms with Crippen molar-refractivity contribution in [3.63, 3.8) is 0 Å². The average Bonchev–Trinajstić information content (AvgIpc) is 2.27. The fourth-order valence-electron chi connectivity index (χ4n) is 1.94. The molecule has 0 radical (unpaired) electrons. The van der Waals surface area contributed by atoms with E-state index >= 15 is 0 Å². The van der Waals surface area contributed by atoms with Gasteiger partial charge in [-0.1, -0.05) is 12.1 Å². The van der Waals surface area contributed by atoms with Crippen molar-refractivity contribution in [2.45, 2.75) is 38.3 Å². The fourth-order valence-corrected chi connectivity index (χ4v) is 1.94. The summed E-state index contributed by atoms with van der Waals surface area (Å²) in [5, 5.41) is 15.1. The normalized spacial score (nSPS) is 22.9. The zero-order chi connectivity index (χ0) is 11.3. The van der Waals surface area contributed by atoms with E-state index in [1.54, 1.807) is 0 Å². The van der Waals surface area contributed by atoms with Gasteiger partial charge in [0, 0.05) is 6.04 Å². The highest BCUT2D eigenvalue weighted by Gasteiger charge is 2.20. The van der Waals surface area contributed by atoms with Crippen LogP contribution in [0.5, 0.6) is 0 Å². The Hall–Kier alpha value is -0.810. The molecule has 1 heterocycles. The van der Waals surface area contributed by atoms with Crippen LogP contribution >= 0.6 is 0 Å². The molecule has 5 heteroatoms. The molecule has 15 heavy (non-hydrogen) atoms. The van der Waals surface area contributed by atoms with Gasteiger partial charge in [0.1, 0.15) is 0 Å². The Kier molecular flexibility index (Phi) is 4.84. The molecule has 1 atom stereocenters. The smallest absolute Gasteiger partial charge is 0.156 e. The van der Waals surface area contributed by atoms with Crippen LogP contribution in [-0.4, -0.2) is 48.2 Å². The molecule has 1 aliphatic rings. The van der Waals surface area contributed by atoms with E-state index in [9.17, 15) is 0 Å². The highest BCUT2D eigenvalue weighted by molar-refractivity contribution is 5.85. The number of hydrogen-bond acceptors (Lipinski definition) is 4. The quantitative estimate of drug-likeness (QED) is 0.270. The Morgan fingerprint density at radius 2 is 2.20 bits per heavy atom. The van der Waals surface area contributed by atoms with Crippen molar-refractivity contribution in [2.75, 3.05) is 20.1 Å². The predicted octanol–water partition coefficient (Wildman–Crippen LogP) is 0.195. The number of nitrogens with one attached hydrogen (secondary N) is 1. The minimum Gasteiger partial charge on any atom is -0.409 e. The molecule has 0 aromatic carbocycles. The number of nitrogens with two attached hydrogens (primary N) is 1. The zero-order valence-corrected chi connectivity index (χ0v) is 9.61. The fraction of sp³-hybridized carbons (Fsp3) is 0.900. The third-order valence-corrected chi connectivity index (χ3v) is 3.04. The topological polar surface area (TPSA) is 73.9 Å². The van der Waals surface area contributed by atoms with E-state index in [1.165, 1.54) is 0 Å². The summed E-state index contributed by atoms with van der Waals surface area (Å²) in [5.41, 5.74) is 5.60. The van der Waals surface area contributed by atoms with Crippen molar-refractivity contribution in [1.29, 1.82) is 0 Å². The number of likely N-dealkylation sites (tertiary alicyclic amines) is 1. The van der Waals surface area contributed by atoms with Gasteiger partial charge >= 0.3 is 0 Å². The Labute approximate surface area is 91.3 Å². The molecular formula is C10H22N4O. The predicted molar refractivity (Wildman–Crippen MR) is 61.1 cm³/mol. The molecule has 5 nitrogen and oxygen atoms in total. The maximum Gasteiger partial charge on any atom is 0.156 e. The van der Waals surface area contributed by atoms with E-state index in [4.69, 9.17) is 10.9 Å². The van der Waals surface area contributed by atoms with Crippen molar-refractivity contribution in [2.24, 2.45) is 10.9 Å². The van der Waals surface area contributed by atoms with Crippen LogP contribution < -0.4 is 11.1 Å². The van der Waals surface area contributed by atoms with E-state index in [0.717, 1.165) is 32.4 Å². The highest BCUT2D eigenvalue weighted by Crippen LogP contribution is 2.09. The summed E-state index contributed by atoms with van der Waals surface area (Å²) in [4.78, 5) is 2.32. The van der Waals surface area contributed by atoms with Crippen LogP contribution in [0.15, 0.2) is 5.16 Å².